The van der Waals surface area contributed by atoms with Crippen LogP contribution in [0.2, 0.25) is 0 Å². The van der Waals surface area contributed by atoms with Crippen molar-refractivity contribution in [1.29, 1.82) is 0 Å². The van der Waals surface area contributed by atoms with Gasteiger partial charge in [-0.25, -0.2) is 0 Å². The number of rotatable bonds is 6. The molecule has 1 aromatic rings. The van der Waals surface area contributed by atoms with Crippen LogP contribution in [0.5, 0.6) is 0 Å². The monoisotopic (exact) mass is 301 g/mol. The van der Waals surface area contributed by atoms with Crippen LogP contribution < -0.4 is 10.6 Å². The van der Waals surface area contributed by atoms with Crippen LogP contribution >= 0.6 is 0 Å². The fourth-order valence-electron chi connectivity index (χ4n) is 2.18. The summed E-state index contributed by atoms with van der Waals surface area (Å²) in [6, 6.07) is 4.69. The summed E-state index contributed by atoms with van der Waals surface area (Å²) in [5.74, 6) is -1.01. The Labute approximate surface area is 129 Å². The third-order valence-corrected chi connectivity index (χ3v) is 3.61. The van der Waals surface area contributed by atoms with E-state index in [0.717, 1.165) is 4.90 Å². The fourth-order valence-corrected chi connectivity index (χ4v) is 2.18. The molecule has 1 aromatic carbocycles. The molecule has 0 aromatic heterocycles. The molecule has 0 saturated carbocycles. The average molecular weight is 301 g/mol. The van der Waals surface area contributed by atoms with Crippen LogP contribution in [0.1, 0.15) is 38.0 Å². The minimum atomic E-state index is -0.391. The molecular formula is C16H19N3O3. The summed E-state index contributed by atoms with van der Waals surface area (Å²) in [5, 5.41) is 5.79. The maximum Gasteiger partial charge on any atom is 0.261 e. The van der Waals surface area contributed by atoms with Crippen molar-refractivity contribution in [1.82, 2.24) is 15.5 Å². The van der Waals surface area contributed by atoms with Crippen molar-refractivity contribution >= 4 is 17.7 Å². The van der Waals surface area contributed by atoms with Gasteiger partial charge in [0.15, 0.2) is 0 Å². The Morgan fingerprint density at radius 1 is 1.32 bits per heavy atom. The van der Waals surface area contributed by atoms with E-state index in [4.69, 9.17) is 0 Å². The van der Waals surface area contributed by atoms with Crippen LogP contribution in [0, 0.1) is 0 Å². The zero-order valence-corrected chi connectivity index (χ0v) is 12.7. The van der Waals surface area contributed by atoms with Gasteiger partial charge in [-0.3, -0.25) is 19.3 Å². The predicted octanol–water partition coefficient (Wildman–Crippen LogP) is 0.806. The SMILES string of the molecule is C=CCN1C(=O)c2ccc(C(=O)NCC(C)NC)cc2C1=O. The van der Waals surface area contributed by atoms with Crippen LogP contribution in [-0.4, -0.2) is 48.8 Å². The summed E-state index contributed by atoms with van der Waals surface area (Å²) in [7, 11) is 1.81. The first kappa shape index (κ1) is 15.9. The van der Waals surface area contributed by atoms with Crippen molar-refractivity contribution in [3.8, 4) is 0 Å². The van der Waals surface area contributed by atoms with E-state index in [-0.39, 0.29) is 30.0 Å². The molecule has 22 heavy (non-hydrogen) atoms. The molecule has 0 aliphatic carbocycles. The summed E-state index contributed by atoms with van der Waals surface area (Å²) in [6.45, 7) is 6.11. The minimum absolute atomic E-state index is 0.143. The molecule has 116 valence electrons. The van der Waals surface area contributed by atoms with Gasteiger partial charge >= 0.3 is 0 Å². The van der Waals surface area contributed by atoms with E-state index in [1.807, 2.05) is 14.0 Å². The van der Waals surface area contributed by atoms with Crippen LogP contribution in [0.25, 0.3) is 0 Å². The molecule has 1 aliphatic rings. The lowest BCUT2D eigenvalue weighted by Crippen LogP contribution is -2.37. The van der Waals surface area contributed by atoms with Gasteiger partial charge in [-0.05, 0) is 32.2 Å². The summed E-state index contributed by atoms with van der Waals surface area (Å²) in [4.78, 5) is 37.5. The second kappa shape index (κ2) is 6.53. The number of benzene rings is 1. The van der Waals surface area contributed by atoms with Gasteiger partial charge in [-0.2, -0.15) is 0 Å². The van der Waals surface area contributed by atoms with Crippen molar-refractivity contribution in [2.45, 2.75) is 13.0 Å². The Morgan fingerprint density at radius 2 is 2.00 bits per heavy atom. The van der Waals surface area contributed by atoms with E-state index in [9.17, 15) is 14.4 Å². The molecule has 1 unspecified atom stereocenters. The smallest absolute Gasteiger partial charge is 0.261 e. The van der Waals surface area contributed by atoms with Gasteiger partial charge < -0.3 is 10.6 Å². The molecule has 2 N–H and O–H groups in total. The zero-order chi connectivity index (χ0) is 16.3. The molecular weight excluding hydrogens is 282 g/mol. The first-order valence-corrected chi connectivity index (χ1v) is 7.06. The first-order chi connectivity index (χ1) is 10.5. The lowest BCUT2D eigenvalue weighted by molar-refractivity contribution is 0.0672. The molecule has 0 saturated heterocycles. The van der Waals surface area contributed by atoms with E-state index in [1.54, 1.807) is 6.07 Å². The highest BCUT2D eigenvalue weighted by Gasteiger charge is 2.35. The largest absolute Gasteiger partial charge is 0.350 e. The summed E-state index contributed by atoms with van der Waals surface area (Å²) >= 11 is 0. The normalized spacial score (nSPS) is 14.7. The van der Waals surface area contributed by atoms with E-state index in [0.29, 0.717) is 17.7 Å². The molecule has 3 amide bonds. The van der Waals surface area contributed by atoms with Gasteiger partial charge in [0, 0.05) is 24.7 Å². The molecule has 6 heteroatoms. The predicted molar refractivity (Wildman–Crippen MR) is 82.9 cm³/mol. The van der Waals surface area contributed by atoms with Crippen LogP contribution in [0.4, 0.5) is 0 Å². The van der Waals surface area contributed by atoms with E-state index < -0.39 is 5.91 Å². The number of likely N-dealkylation sites (N-methyl/N-ethyl adjacent to an activating group) is 1. The first-order valence-electron chi connectivity index (χ1n) is 7.06. The van der Waals surface area contributed by atoms with E-state index >= 15 is 0 Å². The van der Waals surface area contributed by atoms with Crippen LogP contribution in [0.15, 0.2) is 30.9 Å². The lowest BCUT2D eigenvalue weighted by Gasteiger charge is -2.11. The zero-order valence-electron chi connectivity index (χ0n) is 12.7. The Bertz CT molecular complexity index is 640. The van der Waals surface area contributed by atoms with Gasteiger partial charge in [-0.1, -0.05) is 6.08 Å². The van der Waals surface area contributed by atoms with E-state index in [2.05, 4.69) is 17.2 Å². The number of imide groups is 1. The molecule has 0 spiro atoms. The number of carbonyl (C=O) groups is 3. The lowest BCUT2D eigenvalue weighted by atomic mass is 10.1. The number of nitrogens with zero attached hydrogens (tertiary/aromatic N) is 1. The highest BCUT2D eigenvalue weighted by Crippen LogP contribution is 2.23. The molecule has 0 fully saturated rings. The molecule has 1 heterocycles. The molecule has 6 nitrogen and oxygen atoms in total. The topological polar surface area (TPSA) is 78.5 Å². The third-order valence-electron chi connectivity index (χ3n) is 3.61. The third kappa shape index (κ3) is 2.92. The Morgan fingerprint density at radius 3 is 2.64 bits per heavy atom. The molecule has 0 radical (unpaired) electrons. The van der Waals surface area contributed by atoms with Gasteiger partial charge in [0.2, 0.25) is 0 Å². The summed E-state index contributed by atoms with van der Waals surface area (Å²) in [5.41, 5.74) is 0.955. The Balaban J connectivity index is 2.20. The van der Waals surface area contributed by atoms with Gasteiger partial charge in [0.05, 0.1) is 11.1 Å². The maximum atomic E-state index is 12.2. The number of hydrogen-bond donors (Lipinski definition) is 2. The Hall–Kier alpha value is -2.47. The summed E-state index contributed by atoms with van der Waals surface area (Å²) in [6.07, 6.45) is 1.49. The maximum absolute atomic E-state index is 12.2. The second-order valence-electron chi connectivity index (χ2n) is 5.17. The number of carbonyl (C=O) groups excluding carboxylic acids is 3. The molecule has 1 aliphatic heterocycles. The van der Waals surface area contributed by atoms with E-state index in [1.165, 1.54) is 18.2 Å². The number of fused-ring (bicyclic) bond motifs is 1. The average Bonchev–Trinajstić information content (AvgIpc) is 2.77. The summed E-state index contributed by atoms with van der Waals surface area (Å²) < 4.78 is 0. The molecule has 2 rings (SSSR count). The molecule has 1 atom stereocenters. The minimum Gasteiger partial charge on any atom is -0.350 e. The van der Waals surface area contributed by atoms with Crippen molar-refractivity contribution < 1.29 is 14.4 Å². The number of nitrogens with one attached hydrogen (secondary N) is 2. The van der Waals surface area contributed by atoms with Gasteiger partial charge in [0.1, 0.15) is 0 Å². The molecule has 0 bridgehead atoms. The highest BCUT2D eigenvalue weighted by molar-refractivity contribution is 6.22. The van der Waals surface area contributed by atoms with Crippen LogP contribution in [-0.2, 0) is 0 Å². The van der Waals surface area contributed by atoms with Crippen LogP contribution in [0.3, 0.4) is 0 Å². The Kier molecular flexibility index (Phi) is 4.72. The fraction of sp³-hybridized carbons (Fsp3) is 0.312. The van der Waals surface area contributed by atoms with Gasteiger partial charge in [-0.15, -0.1) is 6.58 Å². The van der Waals surface area contributed by atoms with Crippen molar-refractivity contribution in [2.24, 2.45) is 0 Å². The second-order valence-corrected chi connectivity index (χ2v) is 5.17. The number of hydrogen-bond acceptors (Lipinski definition) is 4. The van der Waals surface area contributed by atoms with Crippen molar-refractivity contribution in [2.75, 3.05) is 20.1 Å². The number of amides is 3. The standard InChI is InChI=1S/C16H19N3O3/c1-4-7-19-15(21)12-6-5-11(8-13(12)16(19)22)14(20)18-9-10(2)17-3/h4-6,8,10,17H,1,7,9H2,2-3H3,(H,18,20). The van der Waals surface area contributed by atoms with Crippen molar-refractivity contribution in [3.63, 3.8) is 0 Å². The quantitative estimate of drug-likeness (QED) is 0.602. The van der Waals surface area contributed by atoms with Crippen molar-refractivity contribution in [3.05, 3.63) is 47.5 Å². The van der Waals surface area contributed by atoms with Gasteiger partial charge in [0.25, 0.3) is 17.7 Å². The highest BCUT2D eigenvalue weighted by atomic mass is 16.2.